The number of aromatic amines is 1. The molecule has 2 atom stereocenters. The molecule has 0 unspecified atom stereocenters. The maximum Gasteiger partial charge on any atom is 0.257 e. The summed E-state index contributed by atoms with van der Waals surface area (Å²) in [6, 6.07) is 0. The number of carbonyl (C=O) groups excluding carboxylic acids is 1. The van der Waals surface area contributed by atoms with Gasteiger partial charge in [0.05, 0.1) is 24.4 Å². The average molecular weight is 317 g/mol. The van der Waals surface area contributed by atoms with Crippen molar-refractivity contribution in [3.63, 3.8) is 0 Å². The van der Waals surface area contributed by atoms with E-state index in [1.807, 2.05) is 13.8 Å². The Bertz CT molecular complexity index is 720. The first kappa shape index (κ1) is 14.4. The third-order valence-corrected chi connectivity index (χ3v) is 4.28. The predicted octanol–water partition coefficient (Wildman–Crippen LogP) is 1.58. The van der Waals surface area contributed by atoms with Gasteiger partial charge in [-0.15, -0.1) is 0 Å². The summed E-state index contributed by atoms with van der Waals surface area (Å²) in [5.74, 6) is 1.59. The van der Waals surface area contributed by atoms with Gasteiger partial charge in [0.25, 0.3) is 11.8 Å². The molecule has 2 fully saturated rings. The van der Waals surface area contributed by atoms with Crippen LogP contribution in [0.1, 0.15) is 59.6 Å². The molecule has 8 heteroatoms. The second kappa shape index (κ2) is 5.45. The SMILES string of the molecule is Cc1[nH]ncc1C(=O)N1C[C@@H](C)O[C@@H](c2nc(C3CC3)no2)C1. The summed E-state index contributed by atoms with van der Waals surface area (Å²) in [6.07, 6.45) is 3.32. The Morgan fingerprint density at radius 1 is 1.39 bits per heavy atom. The second-order valence-electron chi connectivity index (χ2n) is 6.32. The number of morpholine rings is 1. The Morgan fingerprint density at radius 2 is 2.22 bits per heavy atom. The standard InChI is InChI=1S/C15H19N5O3/c1-8-6-20(15(21)11-5-16-18-9(11)2)7-12(22-8)14-17-13(19-23-14)10-3-4-10/h5,8,10,12H,3-4,6-7H2,1-2H3,(H,16,18)/t8-,12-/m1/s1. The highest BCUT2D eigenvalue weighted by Crippen LogP contribution is 2.39. The number of rotatable bonds is 3. The van der Waals surface area contributed by atoms with Crippen molar-refractivity contribution in [1.82, 2.24) is 25.2 Å². The number of amides is 1. The van der Waals surface area contributed by atoms with Gasteiger partial charge in [-0.05, 0) is 26.7 Å². The molecule has 1 saturated carbocycles. The lowest BCUT2D eigenvalue weighted by atomic mass is 10.1. The monoisotopic (exact) mass is 317 g/mol. The summed E-state index contributed by atoms with van der Waals surface area (Å²) in [7, 11) is 0. The van der Waals surface area contributed by atoms with Gasteiger partial charge < -0.3 is 14.2 Å². The zero-order valence-corrected chi connectivity index (χ0v) is 13.2. The molecule has 1 saturated heterocycles. The highest BCUT2D eigenvalue weighted by molar-refractivity contribution is 5.95. The van der Waals surface area contributed by atoms with Crippen LogP contribution in [0.5, 0.6) is 0 Å². The average Bonchev–Trinajstić information content (AvgIpc) is 3.10. The van der Waals surface area contributed by atoms with Gasteiger partial charge in [0, 0.05) is 18.2 Å². The minimum Gasteiger partial charge on any atom is -0.362 e. The summed E-state index contributed by atoms with van der Waals surface area (Å²) in [5, 5.41) is 10.7. The molecular formula is C15H19N5O3. The fraction of sp³-hybridized carbons (Fsp3) is 0.600. The van der Waals surface area contributed by atoms with E-state index in [4.69, 9.17) is 9.26 Å². The van der Waals surface area contributed by atoms with Crippen molar-refractivity contribution in [2.24, 2.45) is 0 Å². The molecule has 3 heterocycles. The number of H-pyrrole nitrogens is 1. The Kier molecular flexibility index (Phi) is 3.41. The molecule has 0 spiro atoms. The Morgan fingerprint density at radius 3 is 2.91 bits per heavy atom. The van der Waals surface area contributed by atoms with Crippen LogP contribution in [0.15, 0.2) is 10.7 Å². The molecule has 2 aliphatic rings. The molecular weight excluding hydrogens is 298 g/mol. The minimum absolute atomic E-state index is 0.0571. The topological polar surface area (TPSA) is 97.1 Å². The predicted molar refractivity (Wildman–Crippen MR) is 78.8 cm³/mol. The van der Waals surface area contributed by atoms with E-state index in [0.29, 0.717) is 30.5 Å². The van der Waals surface area contributed by atoms with Crippen LogP contribution < -0.4 is 0 Å². The van der Waals surface area contributed by atoms with Crippen molar-refractivity contribution in [2.45, 2.75) is 44.8 Å². The normalized spacial score (nSPS) is 24.9. The summed E-state index contributed by atoms with van der Waals surface area (Å²) < 4.78 is 11.3. The third kappa shape index (κ3) is 2.74. The molecule has 1 aliphatic carbocycles. The van der Waals surface area contributed by atoms with E-state index in [2.05, 4.69) is 20.3 Å². The minimum atomic E-state index is -0.380. The van der Waals surface area contributed by atoms with Crippen LogP contribution >= 0.6 is 0 Å². The maximum absolute atomic E-state index is 12.7. The molecule has 0 radical (unpaired) electrons. The number of aryl methyl sites for hydroxylation is 1. The smallest absolute Gasteiger partial charge is 0.257 e. The fourth-order valence-corrected chi connectivity index (χ4v) is 2.88. The molecule has 2 aromatic rings. The van der Waals surface area contributed by atoms with Crippen molar-refractivity contribution >= 4 is 5.91 Å². The van der Waals surface area contributed by atoms with E-state index in [9.17, 15) is 4.79 Å². The summed E-state index contributed by atoms with van der Waals surface area (Å²) in [6.45, 7) is 4.71. The van der Waals surface area contributed by atoms with Crippen LogP contribution in [0.4, 0.5) is 0 Å². The number of nitrogens with one attached hydrogen (secondary N) is 1. The van der Waals surface area contributed by atoms with Gasteiger partial charge in [-0.1, -0.05) is 5.16 Å². The number of hydrogen-bond acceptors (Lipinski definition) is 6. The van der Waals surface area contributed by atoms with Crippen molar-refractivity contribution < 1.29 is 14.1 Å². The number of aromatic nitrogens is 4. The molecule has 1 N–H and O–H groups in total. The second-order valence-corrected chi connectivity index (χ2v) is 6.32. The van der Waals surface area contributed by atoms with Gasteiger partial charge in [-0.3, -0.25) is 9.89 Å². The van der Waals surface area contributed by atoms with E-state index < -0.39 is 0 Å². The van der Waals surface area contributed by atoms with E-state index >= 15 is 0 Å². The van der Waals surface area contributed by atoms with Crippen LogP contribution in [0, 0.1) is 6.92 Å². The quantitative estimate of drug-likeness (QED) is 0.923. The molecule has 0 aromatic carbocycles. The van der Waals surface area contributed by atoms with Gasteiger partial charge in [-0.25, -0.2) is 0 Å². The van der Waals surface area contributed by atoms with Crippen molar-refractivity contribution in [3.8, 4) is 0 Å². The first-order valence-electron chi connectivity index (χ1n) is 7.90. The first-order valence-corrected chi connectivity index (χ1v) is 7.90. The third-order valence-electron chi connectivity index (χ3n) is 4.28. The van der Waals surface area contributed by atoms with E-state index in [0.717, 1.165) is 24.4 Å². The molecule has 1 amide bonds. The lowest BCUT2D eigenvalue weighted by Gasteiger charge is -2.35. The lowest BCUT2D eigenvalue weighted by Crippen LogP contribution is -2.46. The van der Waals surface area contributed by atoms with Crippen molar-refractivity contribution in [1.29, 1.82) is 0 Å². The van der Waals surface area contributed by atoms with Crippen molar-refractivity contribution in [2.75, 3.05) is 13.1 Å². The zero-order chi connectivity index (χ0) is 16.0. The summed E-state index contributed by atoms with van der Waals surface area (Å²) in [5.41, 5.74) is 1.35. The highest BCUT2D eigenvalue weighted by Gasteiger charge is 2.35. The maximum atomic E-state index is 12.7. The molecule has 122 valence electrons. The number of ether oxygens (including phenoxy) is 1. The summed E-state index contributed by atoms with van der Waals surface area (Å²) >= 11 is 0. The van der Waals surface area contributed by atoms with Gasteiger partial charge in [0.2, 0.25) is 0 Å². The van der Waals surface area contributed by atoms with Gasteiger partial charge in [-0.2, -0.15) is 10.1 Å². The molecule has 2 aromatic heterocycles. The molecule has 0 bridgehead atoms. The number of nitrogens with zero attached hydrogens (tertiary/aromatic N) is 4. The van der Waals surface area contributed by atoms with Crippen LogP contribution in [-0.2, 0) is 4.74 Å². The Labute approximate surface area is 133 Å². The van der Waals surface area contributed by atoms with Crippen LogP contribution in [0.3, 0.4) is 0 Å². The summed E-state index contributed by atoms with van der Waals surface area (Å²) in [4.78, 5) is 18.9. The van der Waals surface area contributed by atoms with Gasteiger partial charge in [0.15, 0.2) is 11.9 Å². The highest BCUT2D eigenvalue weighted by atomic mass is 16.5. The van der Waals surface area contributed by atoms with Gasteiger partial charge in [0.1, 0.15) is 0 Å². The molecule has 8 nitrogen and oxygen atoms in total. The molecule has 1 aliphatic heterocycles. The largest absolute Gasteiger partial charge is 0.362 e. The molecule has 4 rings (SSSR count). The first-order chi connectivity index (χ1) is 11.1. The number of hydrogen-bond donors (Lipinski definition) is 1. The molecule has 23 heavy (non-hydrogen) atoms. The Hall–Kier alpha value is -2.22. The Balaban J connectivity index is 1.53. The van der Waals surface area contributed by atoms with Crippen LogP contribution in [0.2, 0.25) is 0 Å². The van der Waals surface area contributed by atoms with E-state index in [1.54, 1.807) is 11.1 Å². The van der Waals surface area contributed by atoms with Gasteiger partial charge >= 0.3 is 0 Å². The zero-order valence-electron chi connectivity index (χ0n) is 13.2. The fourth-order valence-electron chi connectivity index (χ4n) is 2.88. The lowest BCUT2D eigenvalue weighted by molar-refractivity contribution is -0.0810. The van der Waals surface area contributed by atoms with E-state index in [-0.39, 0.29) is 18.1 Å². The van der Waals surface area contributed by atoms with Crippen molar-refractivity contribution in [3.05, 3.63) is 29.2 Å². The van der Waals surface area contributed by atoms with E-state index in [1.165, 1.54) is 0 Å². The number of carbonyl (C=O) groups is 1. The van der Waals surface area contributed by atoms with Crippen LogP contribution in [-0.4, -0.2) is 50.3 Å². The van der Waals surface area contributed by atoms with Crippen LogP contribution in [0.25, 0.3) is 0 Å².